The lowest BCUT2D eigenvalue weighted by atomic mass is 10.1. The molecule has 0 heterocycles. The van der Waals surface area contributed by atoms with Crippen LogP contribution in [0.15, 0.2) is 24.3 Å². The molecular weight excluding hydrogens is 275 g/mol. The minimum absolute atomic E-state index is 0.256. The summed E-state index contributed by atoms with van der Waals surface area (Å²) in [5, 5.41) is 0. The van der Waals surface area contributed by atoms with Gasteiger partial charge < -0.3 is 4.52 Å². The number of rotatable bonds is 10. The maximum absolute atomic E-state index is 11.8. The van der Waals surface area contributed by atoms with Crippen molar-refractivity contribution in [3.63, 3.8) is 0 Å². The topological polar surface area (TPSA) is 55.8 Å². The molecule has 0 aliphatic heterocycles. The van der Waals surface area contributed by atoms with E-state index < -0.39 is 7.82 Å². The summed E-state index contributed by atoms with van der Waals surface area (Å²) in [5.41, 5.74) is 0.810. The molecular formula is C15H25O4P. The average molecular weight is 300 g/mol. The molecule has 0 aliphatic carbocycles. The van der Waals surface area contributed by atoms with Crippen LogP contribution in [0.25, 0.3) is 0 Å². The molecule has 0 radical (unpaired) electrons. The second-order valence-corrected chi connectivity index (χ2v) is 6.30. The Bertz CT molecular complexity index is 434. The van der Waals surface area contributed by atoms with Gasteiger partial charge in [-0.25, -0.2) is 4.57 Å². The molecule has 1 aromatic carbocycles. The van der Waals surface area contributed by atoms with E-state index >= 15 is 0 Å². The molecule has 0 aromatic heterocycles. The quantitative estimate of drug-likeness (QED) is 0.495. The van der Waals surface area contributed by atoms with E-state index in [0.717, 1.165) is 24.8 Å². The van der Waals surface area contributed by atoms with Gasteiger partial charge in [-0.3, -0.25) is 9.42 Å². The highest BCUT2D eigenvalue weighted by atomic mass is 31.2. The monoisotopic (exact) mass is 300 g/mol. The zero-order chi connectivity index (χ0) is 14.8. The molecule has 0 bridgehead atoms. The Kier molecular flexibility index (Phi) is 7.90. The minimum atomic E-state index is -4.00. The van der Waals surface area contributed by atoms with Gasteiger partial charge in [-0.2, -0.15) is 0 Å². The van der Waals surface area contributed by atoms with E-state index in [1.807, 2.05) is 19.1 Å². The number of para-hydroxylation sites is 1. The minimum Gasteiger partial charge on any atom is -0.404 e. The molecule has 1 N–H and O–H groups in total. The number of phosphoric ester groups is 1. The van der Waals surface area contributed by atoms with Crippen LogP contribution in [0.1, 0.15) is 51.0 Å². The molecule has 20 heavy (non-hydrogen) atoms. The highest BCUT2D eigenvalue weighted by Crippen LogP contribution is 2.44. The Morgan fingerprint density at radius 2 is 1.75 bits per heavy atom. The molecule has 4 nitrogen and oxygen atoms in total. The van der Waals surface area contributed by atoms with Gasteiger partial charge in [0.1, 0.15) is 5.75 Å². The van der Waals surface area contributed by atoms with Crippen LogP contribution in [0.2, 0.25) is 0 Å². The molecule has 0 spiro atoms. The highest BCUT2D eigenvalue weighted by Gasteiger charge is 2.23. The first-order valence-corrected chi connectivity index (χ1v) is 8.77. The van der Waals surface area contributed by atoms with Gasteiger partial charge in [-0.15, -0.1) is 0 Å². The summed E-state index contributed by atoms with van der Waals surface area (Å²) >= 11 is 0. The zero-order valence-corrected chi connectivity index (χ0v) is 13.3. The molecule has 1 rings (SSSR count). The molecule has 1 unspecified atom stereocenters. The zero-order valence-electron chi connectivity index (χ0n) is 12.4. The van der Waals surface area contributed by atoms with Crippen LogP contribution in [-0.2, 0) is 9.09 Å². The molecule has 0 aliphatic rings. The summed E-state index contributed by atoms with van der Waals surface area (Å²) in [7, 11) is -4.00. The fourth-order valence-electron chi connectivity index (χ4n) is 1.87. The Hall–Kier alpha value is -0.830. The van der Waals surface area contributed by atoms with Crippen LogP contribution in [0.5, 0.6) is 5.75 Å². The molecule has 0 saturated carbocycles. The Labute approximate surface area is 121 Å². The van der Waals surface area contributed by atoms with E-state index in [1.54, 1.807) is 12.1 Å². The number of hydrogen-bond acceptors (Lipinski definition) is 3. The lowest BCUT2D eigenvalue weighted by molar-refractivity contribution is 0.199. The summed E-state index contributed by atoms with van der Waals surface area (Å²) in [6.45, 7) is 4.25. The number of aryl methyl sites for hydroxylation is 1. The predicted molar refractivity (Wildman–Crippen MR) is 81.0 cm³/mol. The van der Waals surface area contributed by atoms with Crippen LogP contribution in [0.4, 0.5) is 0 Å². The van der Waals surface area contributed by atoms with Gasteiger partial charge in [-0.05, 0) is 25.0 Å². The average Bonchev–Trinajstić information content (AvgIpc) is 2.40. The van der Waals surface area contributed by atoms with E-state index in [4.69, 9.17) is 9.05 Å². The summed E-state index contributed by atoms with van der Waals surface area (Å²) in [6, 6.07) is 7.09. The molecule has 0 amide bonds. The van der Waals surface area contributed by atoms with E-state index in [0.29, 0.717) is 5.75 Å². The van der Waals surface area contributed by atoms with Crippen LogP contribution in [0.3, 0.4) is 0 Å². The number of benzene rings is 1. The summed E-state index contributed by atoms with van der Waals surface area (Å²) in [4.78, 5) is 9.64. The number of unbranched alkanes of at least 4 members (excludes halogenated alkanes) is 5. The van der Waals surface area contributed by atoms with Crippen LogP contribution in [-0.4, -0.2) is 11.5 Å². The fraction of sp³-hybridized carbons (Fsp3) is 0.600. The van der Waals surface area contributed by atoms with Gasteiger partial charge in [0.05, 0.1) is 6.61 Å². The molecule has 0 fully saturated rings. The third-order valence-corrected chi connectivity index (χ3v) is 4.00. The first kappa shape index (κ1) is 17.2. The number of hydrogen-bond donors (Lipinski definition) is 1. The molecule has 114 valence electrons. The first-order chi connectivity index (χ1) is 9.55. The fourth-order valence-corrected chi connectivity index (χ4v) is 2.74. The van der Waals surface area contributed by atoms with Crippen LogP contribution < -0.4 is 4.52 Å². The lowest BCUT2D eigenvalue weighted by Gasteiger charge is -2.14. The maximum Gasteiger partial charge on any atom is 0.527 e. The van der Waals surface area contributed by atoms with Gasteiger partial charge >= 0.3 is 7.82 Å². The van der Waals surface area contributed by atoms with Crippen LogP contribution >= 0.6 is 7.82 Å². The summed E-state index contributed by atoms with van der Waals surface area (Å²) in [5.74, 6) is 0.390. The molecule has 1 aromatic rings. The van der Waals surface area contributed by atoms with Gasteiger partial charge in [-0.1, -0.05) is 57.2 Å². The highest BCUT2D eigenvalue weighted by molar-refractivity contribution is 7.47. The van der Waals surface area contributed by atoms with Crippen molar-refractivity contribution >= 4 is 7.82 Å². The molecule has 5 heteroatoms. The van der Waals surface area contributed by atoms with E-state index in [2.05, 4.69) is 6.92 Å². The van der Waals surface area contributed by atoms with Crippen molar-refractivity contribution in [3.05, 3.63) is 29.8 Å². The standard InChI is InChI=1S/C15H25O4P/c1-3-4-5-6-7-10-13-18-20(16,17)19-15-12-9-8-11-14(15)2/h8-9,11-12H,3-7,10,13H2,1-2H3,(H,16,17). The maximum atomic E-state index is 11.8. The first-order valence-electron chi connectivity index (χ1n) is 7.27. The lowest BCUT2D eigenvalue weighted by Crippen LogP contribution is -2.00. The van der Waals surface area contributed by atoms with E-state index in [9.17, 15) is 9.46 Å². The normalized spacial score (nSPS) is 13.9. The van der Waals surface area contributed by atoms with Crippen molar-refractivity contribution in [2.75, 3.05) is 6.61 Å². The van der Waals surface area contributed by atoms with Gasteiger partial charge in [0.15, 0.2) is 0 Å². The van der Waals surface area contributed by atoms with Gasteiger partial charge in [0, 0.05) is 0 Å². The Morgan fingerprint density at radius 1 is 1.10 bits per heavy atom. The predicted octanol–water partition coefficient (Wildman–Crippen LogP) is 4.85. The Morgan fingerprint density at radius 3 is 2.45 bits per heavy atom. The largest absolute Gasteiger partial charge is 0.527 e. The molecule has 1 atom stereocenters. The Balaban J connectivity index is 2.25. The summed E-state index contributed by atoms with van der Waals surface area (Å²) in [6.07, 6.45) is 6.62. The van der Waals surface area contributed by atoms with Crippen molar-refractivity contribution in [1.82, 2.24) is 0 Å². The third kappa shape index (κ3) is 7.09. The second-order valence-electron chi connectivity index (χ2n) is 4.93. The van der Waals surface area contributed by atoms with E-state index in [1.165, 1.54) is 19.3 Å². The van der Waals surface area contributed by atoms with Crippen molar-refractivity contribution in [1.29, 1.82) is 0 Å². The van der Waals surface area contributed by atoms with Crippen LogP contribution in [0, 0.1) is 6.92 Å². The SMILES string of the molecule is CCCCCCCCOP(=O)(O)Oc1ccccc1C. The second kappa shape index (κ2) is 9.17. The van der Waals surface area contributed by atoms with E-state index in [-0.39, 0.29) is 6.61 Å². The van der Waals surface area contributed by atoms with Gasteiger partial charge in [0.25, 0.3) is 0 Å². The number of phosphoric acid groups is 1. The van der Waals surface area contributed by atoms with Crippen molar-refractivity contribution < 1.29 is 18.5 Å². The van der Waals surface area contributed by atoms with Crippen molar-refractivity contribution in [2.45, 2.75) is 52.4 Å². The summed E-state index contributed by atoms with van der Waals surface area (Å²) < 4.78 is 21.8. The molecule has 0 saturated heterocycles. The third-order valence-electron chi connectivity index (χ3n) is 3.06. The van der Waals surface area contributed by atoms with Crippen molar-refractivity contribution in [2.24, 2.45) is 0 Å². The van der Waals surface area contributed by atoms with Crippen molar-refractivity contribution in [3.8, 4) is 5.75 Å². The smallest absolute Gasteiger partial charge is 0.404 e. The van der Waals surface area contributed by atoms with Gasteiger partial charge in [0.2, 0.25) is 0 Å².